The van der Waals surface area contributed by atoms with Crippen LogP contribution in [0.1, 0.15) is 60.3 Å². The van der Waals surface area contributed by atoms with E-state index in [0.717, 1.165) is 0 Å². The van der Waals surface area contributed by atoms with Crippen LogP contribution in [0.25, 0.3) is 0 Å². The summed E-state index contributed by atoms with van der Waals surface area (Å²) in [5.41, 5.74) is 0.974. The molecule has 0 aromatic rings. The van der Waals surface area contributed by atoms with E-state index in [4.69, 9.17) is 0 Å². The molecule has 1 heterocycles. The third kappa shape index (κ3) is 2.50. The zero-order chi connectivity index (χ0) is 10.8. The van der Waals surface area contributed by atoms with Gasteiger partial charge in [-0.05, 0) is 58.4 Å². The van der Waals surface area contributed by atoms with Crippen molar-refractivity contribution in [3.8, 4) is 0 Å². The molecule has 1 heteroatoms. The smallest absolute Gasteiger partial charge is 0.0125 e. The Kier molecular flexibility index (Phi) is 3.63. The molecule has 1 aliphatic rings. The molecule has 0 atom stereocenters. The molecule has 14 heavy (non-hydrogen) atoms. The minimum absolute atomic E-state index is 0.357. The Morgan fingerprint density at radius 3 is 2.14 bits per heavy atom. The number of piperidine rings is 1. The molecule has 84 valence electrons. The molecule has 0 saturated carbocycles. The van der Waals surface area contributed by atoms with E-state index >= 15 is 0 Å². The second-order valence-corrected chi connectivity index (χ2v) is 5.90. The quantitative estimate of drug-likeness (QED) is 0.652. The third-order valence-corrected chi connectivity index (χ3v) is 4.11. The van der Waals surface area contributed by atoms with E-state index in [2.05, 4.69) is 39.5 Å². The zero-order valence-corrected chi connectivity index (χ0v) is 10.7. The highest BCUT2D eigenvalue weighted by molar-refractivity contribution is 4.89. The van der Waals surface area contributed by atoms with Gasteiger partial charge in [-0.25, -0.2) is 0 Å². The summed E-state index contributed by atoms with van der Waals surface area (Å²) in [6.45, 7) is 14.3. The van der Waals surface area contributed by atoms with Crippen LogP contribution >= 0.6 is 0 Å². The molecule has 0 spiro atoms. The van der Waals surface area contributed by atoms with E-state index in [1.54, 1.807) is 0 Å². The molecule has 0 aliphatic carbocycles. The fraction of sp³-hybridized carbons (Fsp3) is 1.00. The van der Waals surface area contributed by atoms with Crippen LogP contribution in [0.4, 0.5) is 0 Å². The predicted octanol–water partition coefficient (Wildman–Crippen LogP) is 3.69. The zero-order valence-electron chi connectivity index (χ0n) is 10.7. The maximum atomic E-state index is 2.67. The number of nitrogens with zero attached hydrogens (tertiary/aromatic N) is 1. The highest BCUT2D eigenvalue weighted by atomic mass is 15.2. The molecule has 0 bridgehead atoms. The van der Waals surface area contributed by atoms with Gasteiger partial charge in [0.05, 0.1) is 0 Å². The van der Waals surface area contributed by atoms with Crippen LogP contribution in [-0.2, 0) is 0 Å². The highest BCUT2D eigenvalue weighted by Crippen LogP contribution is 2.38. The lowest BCUT2D eigenvalue weighted by molar-refractivity contribution is 0.0204. The minimum Gasteiger partial charge on any atom is -0.298 e. The number of likely N-dealkylation sites (tertiary alicyclic amines) is 1. The number of hydrogen-bond acceptors (Lipinski definition) is 1. The van der Waals surface area contributed by atoms with E-state index in [9.17, 15) is 0 Å². The monoisotopic (exact) mass is 197 g/mol. The first-order valence-electron chi connectivity index (χ1n) is 6.18. The Morgan fingerprint density at radius 2 is 1.71 bits per heavy atom. The van der Waals surface area contributed by atoms with Gasteiger partial charge >= 0.3 is 0 Å². The molecule has 1 aliphatic heterocycles. The van der Waals surface area contributed by atoms with Crippen LogP contribution in [0, 0.1) is 5.41 Å². The molecule has 0 N–H and O–H groups in total. The Morgan fingerprint density at radius 1 is 1.14 bits per heavy atom. The molecule has 0 amide bonds. The summed E-state index contributed by atoms with van der Waals surface area (Å²) in [7, 11) is 0. The van der Waals surface area contributed by atoms with Gasteiger partial charge in [-0.2, -0.15) is 0 Å². The third-order valence-electron chi connectivity index (χ3n) is 4.11. The van der Waals surface area contributed by atoms with Crippen molar-refractivity contribution in [3.05, 3.63) is 0 Å². The number of hydrogen-bond donors (Lipinski definition) is 0. The lowest BCUT2D eigenvalue weighted by Gasteiger charge is -2.47. The standard InChI is InChI=1S/C13H27N/c1-6-13(7-2)9-8-10-14(11-13)12(3,4)5/h6-11H2,1-5H3. The summed E-state index contributed by atoms with van der Waals surface area (Å²) in [4.78, 5) is 2.67. The average molecular weight is 197 g/mol. The van der Waals surface area contributed by atoms with Gasteiger partial charge in [0.15, 0.2) is 0 Å². The lowest BCUT2D eigenvalue weighted by Crippen LogP contribution is -2.51. The van der Waals surface area contributed by atoms with Crippen molar-refractivity contribution in [2.75, 3.05) is 13.1 Å². The molecule has 1 nitrogen and oxygen atoms in total. The SMILES string of the molecule is CCC1(CC)CCCN(C(C)(C)C)C1. The van der Waals surface area contributed by atoms with Gasteiger partial charge < -0.3 is 0 Å². The molecular weight excluding hydrogens is 170 g/mol. The summed E-state index contributed by atoms with van der Waals surface area (Å²) in [5.74, 6) is 0. The van der Waals surface area contributed by atoms with Gasteiger partial charge in [-0.1, -0.05) is 13.8 Å². The maximum absolute atomic E-state index is 2.67. The van der Waals surface area contributed by atoms with Crippen LogP contribution in [-0.4, -0.2) is 23.5 Å². The van der Waals surface area contributed by atoms with Crippen LogP contribution in [0.15, 0.2) is 0 Å². The van der Waals surface area contributed by atoms with E-state index in [0.29, 0.717) is 11.0 Å². The predicted molar refractivity (Wildman–Crippen MR) is 63.6 cm³/mol. The first kappa shape index (κ1) is 12.0. The largest absolute Gasteiger partial charge is 0.298 e. The Bertz CT molecular complexity index is 174. The Labute approximate surface area is 89.9 Å². The van der Waals surface area contributed by atoms with Crippen molar-refractivity contribution in [2.24, 2.45) is 5.41 Å². The molecule has 0 aromatic heterocycles. The molecular formula is C13H27N. The van der Waals surface area contributed by atoms with E-state index in [1.165, 1.54) is 38.8 Å². The molecule has 1 rings (SSSR count). The highest BCUT2D eigenvalue weighted by Gasteiger charge is 2.35. The Hall–Kier alpha value is -0.0400. The lowest BCUT2D eigenvalue weighted by atomic mass is 9.74. The summed E-state index contributed by atoms with van der Waals surface area (Å²) < 4.78 is 0. The minimum atomic E-state index is 0.357. The molecule has 0 radical (unpaired) electrons. The average Bonchev–Trinajstić information content (AvgIpc) is 2.16. The second kappa shape index (κ2) is 4.22. The molecule has 1 saturated heterocycles. The van der Waals surface area contributed by atoms with Gasteiger partial charge in [0, 0.05) is 12.1 Å². The molecule has 0 unspecified atom stereocenters. The molecule has 0 aromatic carbocycles. The van der Waals surface area contributed by atoms with Gasteiger partial charge in [-0.3, -0.25) is 4.90 Å². The van der Waals surface area contributed by atoms with Gasteiger partial charge in [-0.15, -0.1) is 0 Å². The van der Waals surface area contributed by atoms with Crippen molar-refractivity contribution in [2.45, 2.75) is 65.8 Å². The number of rotatable bonds is 2. The van der Waals surface area contributed by atoms with Crippen molar-refractivity contribution >= 4 is 0 Å². The van der Waals surface area contributed by atoms with Crippen LogP contribution in [0.2, 0.25) is 0 Å². The summed E-state index contributed by atoms with van der Waals surface area (Å²) in [6, 6.07) is 0. The second-order valence-electron chi connectivity index (χ2n) is 5.90. The van der Waals surface area contributed by atoms with E-state index < -0.39 is 0 Å². The van der Waals surface area contributed by atoms with Gasteiger partial charge in [0.1, 0.15) is 0 Å². The normalized spacial score (nSPS) is 23.8. The maximum Gasteiger partial charge on any atom is 0.0125 e. The van der Waals surface area contributed by atoms with Crippen LogP contribution in [0.5, 0.6) is 0 Å². The van der Waals surface area contributed by atoms with Gasteiger partial charge in [0.25, 0.3) is 0 Å². The Balaban J connectivity index is 2.68. The topological polar surface area (TPSA) is 3.24 Å². The first-order chi connectivity index (χ1) is 6.43. The summed E-state index contributed by atoms with van der Waals surface area (Å²) in [5, 5.41) is 0. The van der Waals surface area contributed by atoms with Gasteiger partial charge in [0.2, 0.25) is 0 Å². The molecule has 1 fully saturated rings. The van der Waals surface area contributed by atoms with Crippen molar-refractivity contribution in [3.63, 3.8) is 0 Å². The summed E-state index contributed by atoms with van der Waals surface area (Å²) in [6.07, 6.45) is 5.51. The van der Waals surface area contributed by atoms with Crippen LogP contribution in [0.3, 0.4) is 0 Å². The first-order valence-corrected chi connectivity index (χ1v) is 6.18. The van der Waals surface area contributed by atoms with Crippen molar-refractivity contribution < 1.29 is 0 Å². The van der Waals surface area contributed by atoms with E-state index in [-0.39, 0.29) is 0 Å². The van der Waals surface area contributed by atoms with Crippen molar-refractivity contribution in [1.82, 2.24) is 4.90 Å². The van der Waals surface area contributed by atoms with E-state index in [1.807, 2.05) is 0 Å². The fourth-order valence-corrected chi connectivity index (χ4v) is 2.61. The summed E-state index contributed by atoms with van der Waals surface area (Å²) >= 11 is 0. The fourth-order valence-electron chi connectivity index (χ4n) is 2.61. The van der Waals surface area contributed by atoms with Crippen LogP contribution < -0.4 is 0 Å². The van der Waals surface area contributed by atoms with Crippen molar-refractivity contribution in [1.29, 1.82) is 0 Å².